The molecule has 4 rings (SSSR count). The number of hydrogen-bond donors (Lipinski definition) is 1. The molecule has 0 radical (unpaired) electrons. The van der Waals surface area contributed by atoms with Gasteiger partial charge >= 0.3 is 0 Å². The minimum Gasteiger partial charge on any atom is -0.489 e. The molecule has 1 N–H and O–H groups in total. The van der Waals surface area contributed by atoms with Gasteiger partial charge in [-0.05, 0) is 91.1 Å². The van der Waals surface area contributed by atoms with Gasteiger partial charge in [0, 0.05) is 13.0 Å². The Balaban J connectivity index is 1.43. The van der Waals surface area contributed by atoms with Crippen molar-refractivity contribution in [3.05, 3.63) is 88.5 Å². The Labute approximate surface area is 191 Å². The average molecular weight is 428 g/mol. The van der Waals surface area contributed by atoms with Crippen LogP contribution >= 0.6 is 0 Å². The van der Waals surface area contributed by atoms with E-state index in [1.54, 1.807) is 6.92 Å². The highest BCUT2D eigenvalue weighted by atomic mass is 16.5. The Hall–Kier alpha value is -2.91. The minimum atomic E-state index is 0.263. The molecule has 32 heavy (non-hydrogen) atoms. The highest BCUT2D eigenvalue weighted by Gasteiger charge is 2.19. The molecule has 1 aliphatic carbocycles. The Morgan fingerprint density at radius 1 is 0.938 bits per heavy atom. The van der Waals surface area contributed by atoms with E-state index < -0.39 is 0 Å². The zero-order chi connectivity index (χ0) is 22.3. The first-order valence-corrected chi connectivity index (χ1v) is 11.7. The smallest absolute Gasteiger partial charge is 0.129 e. The van der Waals surface area contributed by atoms with E-state index in [0.29, 0.717) is 13.0 Å². The predicted octanol–water partition coefficient (Wildman–Crippen LogP) is 6.19. The molecule has 0 atom stereocenters. The van der Waals surface area contributed by atoms with Crippen molar-refractivity contribution in [3.63, 3.8) is 0 Å². The van der Waals surface area contributed by atoms with Crippen molar-refractivity contribution < 1.29 is 9.53 Å². The fraction of sp³-hybridized carbons (Fsp3) is 0.345. The Kier molecular flexibility index (Phi) is 7.39. The van der Waals surface area contributed by atoms with Crippen LogP contribution in [-0.4, -0.2) is 12.3 Å². The Bertz CT molecular complexity index is 1070. The molecule has 0 saturated heterocycles. The minimum absolute atomic E-state index is 0.263. The second kappa shape index (κ2) is 10.6. The molecular weight excluding hydrogens is 394 g/mol. The predicted molar refractivity (Wildman–Crippen MR) is 131 cm³/mol. The van der Waals surface area contributed by atoms with Crippen LogP contribution in [0.4, 0.5) is 0 Å². The van der Waals surface area contributed by atoms with Crippen molar-refractivity contribution in [2.24, 2.45) is 0 Å². The number of carbonyl (C=O) groups is 1. The lowest BCUT2D eigenvalue weighted by atomic mass is 9.97. The fourth-order valence-corrected chi connectivity index (χ4v) is 4.66. The highest BCUT2D eigenvalue weighted by Crippen LogP contribution is 2.34. The summed E-state index contributed by atoms with van der Waals surface area (Å²) in [4.78, 5) is 11.1. The Morgan fingerprint density at radius 3 is 2.56 bits per heavy atom. The van der Waals surface area contributed by atoms with Crippen molar-refractivity contribution in [1.82, 2.24) is 5.32 Å². The molecule has 0 heterocycles. The summed E-state index contributed by atoms with van der Waals surface area (Å²) in [5.41, 5.74) is 9.23. The van der Waals surface area contributed by atoms with Crippen molar-refractivity contribution in [2.75, 3.05) is 6.54 Å². The third kappa shape index (κ3) is 5.28. The summed E-state index contributed by atoms with van der Waals surface area (Å²) in [6.45, 7) is 6.17. The molecule has 0 amide bonds. The van der Waals surface area contributed by atoms with E-state index >= 15 is 0 Å². The largest absolute Gasteiger partial charge is 0.489 e. The third-order valence-electron chi connectivity index (χ3n) is 6.45. The van der Waals surface area contributed by atoms with Gasteiger partial charge in [-0.1, -0.05) is 54.6 Å². The summed E-state index contributed by atoms with van der Waals surface area (Å²) in [6, 6.07) is 21.4. The summed E-state index contributed by atoms with van der Waals surface area (Å²) in [6.07, 6.45) is 4.96. The monoisotopic (exact) mass is 427 g/mol. The molecule has 3 aromatic carbocycles. The van der Waals surface area contributed by atoms with Crippen LogP contribution < -0.4 is 10.1 Å². The molecule has 0 unspecified atom stereocenters. The first-order valence-electron chi connectivity index (χ1n) is 11.7. The van der Waals surface area contributed by atoms with E-state index in [1.807, 2.05) is 0 Å². The summed E-state index contributed by atoms with van der Waals surface area (Å²) in [7, 11) is 0. The number of hydrogen-bond acceptors (Lipinski definition) is 3. The first kappa shape index (κ1) is 22.3. The summed E-state index contributed by atoms with van der Waals surface area (Å²) in [5.74, 6) is 1.29. The van der Waals surface area contributed by atoms with E-state index in [4.69, 9.17) is 4.74 Å². The van der Waals surface area contributed by atoms with Gasteiger partial charge in [-0.3, -0.25) is 0 Å². The second-order valence-corrected chi connectivity index (χ2v) is 8.76. The first-order chi connectivity index (χ1) is 15.6. The lowest BCUT2D eigenvalue weighted by molar-refractivity contribution is -0.117. The standard InChI is InChI=1S/C29H33NO2/c1-21(31)9-8-18-30-19-24-16-17-29(28-15-7-14-27(24)28)32-20-25-12-6-13-26(22(25)2)23-10-4-3-5-11-23/h3-6,10-13,16-17,30H,7-9,14-15,18-20H2,1-2H3. The van der Waals surface area contributed by atoms with Crippen LogP contribution in [0.1, 0.15) is 54.0 Å². The number of nitrogens with one attached hydrogen (secondary N) is 1. The van der Waals surface area contributed by atoms with Crippen LogP contribution in [0, 0.1) is 6.92 Å². The molecular formula is C29H33NO2. The summed E-state index contributed by atoms with van der Waals surface area (Å²) >= 11 is 0. The molecule has 0 aliphatic heterocycles. The number of rotatable bonds is 10. The van der Waals surface area contributed by atoms with Gasteiger partial charge in [-0.15, -0.1) is 0 Å². The van der Waals surface area contributed by atoms with Crippen LogP contribution in [0.25, 0.3) is 11.1 Å². The molecule has 0 spiro atoms. The lowest BCUT2D eigenvalue weighted by Gasteiger charge is -2.17. The zero-order valence-electron chi connectivity index (χ0n) is 19.2. The van der Waals surface area contributed by atoms with Crippen LogP contribution in [0.5, 0.6) is 5.75 Å². The topological polar surface area (TPSA) is 38.3 Å². The number of benzene rings is 3. The molecule has 0 bridgehead atoms. The SMILES string of the molecule is CC(=O)CCCNCc1ccc(OCc2cccc(-c3ccccc3)c2C)c2c1CCC2. The summed E-state index contributed by atoms with van der Waals surface area (Å²) < 4.78 is 6.37. The number of ether oxygens (including phenoxy) is 1. The third-order valence-corrected chi connectivity index (χ3v) is 6.45. The fourth-order valence-electron chi connectivity index (χ4n) is 4.66. The van der Waals surface area contributed by atoms with Gasteiger partial charge in [0.2, 0.25) is 0 Å². The number of ketones is 1. The van der Waals surface area contributed by atoms with Crippen molar-refractivity contribution in [1.29, 1.82) is 0 Å². The van der Waals surface area contributed by atoms with Crippen LogP contribution in [0.15, 0.2) is 60.7 Å². The van der Waals surface area contributed by atoms with Gasteiger partial charge in [-0.25, -0.2) is 0 Å². The van der Waals surface area contributed by atoms with Crippen molar-refractivity contribution in [2.45, 2.75) is 59.1 Å². The normalized spacial score (nSPS) is 12.6. The quantitative estimate of drug-likeness (QED) is 0.392. The molecule has 1 aliphatic rings. The zero-order valence-corrected chi connectivity index (χ0v) is 19.2. The molecule has 0 saturated carbocycles. The van der Waals surface area contributed by atoms with Gasteiger partial charge < -0.3 is 14.8 Å². The maximum atomic E-state index is 11.1. The van der Waals surface area contributed by atoms with Crippen molar-refractivity contribution in [3.8, 4) is 16.9 Å². The molecule has 0 fully saturated rings. The molecule has 0 aromatic heterocycles. The van der Waals surface area contributed by atoms with Gasteiger partial charge in [0.05, 0.1) is 0 Å². The molecule has 166 valence electrons. The summed E-state index contributed by atoms with van der Waals surface area (Å²) in [5, 5.41) is 3.50. The van der Waals surface area contributed by atoms with Gasteiger partial charge in [-0.2, -0.15) is 0 Å². The second-order valence-electron chi connectivity index (χ2n) is 8.76. The van der Waals surface area contributed by atoms with E-state index in [1.165, 1.54) is 45.4 Å². The van der Waals surface area contributed by atoms with E-state index in [9.17, 15) is 4.79 Å². The van der Waals surface area contributed by atoms with Crippen LogP contribution in [-0.2, 0) is 30.8 Å². The van der Waals surface area contributed by atoms with Crippen LogP contribution in [0.2, 0.25) is 0 Å². The number of carbonyl (C=O) groups excluding carboxylic acids is 1. The number of fused-ring (bicyclic) bond motifs is 1. The maximum absolute atomic E-state index is 11.1. The lowest BCUT2D eigenvalue weighted by Crippen LogP contribution is -2.16. The van der Waals surface area contributed by atoms with Gasteiger partial charge in [0.15, 0.2) is 0 Å². The molecule has 3 nitrogen and oxygen atoms in total. The van der Waals surface area contributed by atoms with E-state index in [-0.39, 0.29) is 5.78 Å². The average Bonchev–Trinajstić information content (AvgIpc) is 3.30. The van der Waals surface area contributed by atoms with Gasteiger partial charge in [0.25, 0.3) is 0 Å². The highest BCUT2D eigenvalue weighted by molar-refractivity contribution is 5.75. The number of Topliss-reactive ketones (excluding diaryl/α,β-unsaturated/α-hetero) is 1. The van der Waals surface area contributed by atoms with Gasteiger partial charge in [0.1, 0.15) is 18.1 Å². The Morgan fingerprint density at radius 2 is 1.75 bits per heavy atom. The van der Waals surface area contributed by atoms with E-state index in [2.05, 4.69) is 72.9 Å². The van der Waals surface area contributed by atoms with Crippen LogP contribution in [0.3, 0.4) is 0 Å². The maximum Gasteiger partial charge on any atom is 0.129 e. The van der Waals surface area contributed by atoms with E-state index in [0.717, 1.165) is 38.1 Å². The molecule has 3 aromatic rings. The molecule has 3 heteroatoms. The van der Waals surface area contributed by atoms with Crippen molar-refractivity contribution >= 4 is 5.78 Å².